The lowest BCUT2D eigenvalue weighted by Crippen LogP contribution is -2.36. The van der Waals surface area contributed by atoms with Gasteiger partial charge in [0.1, 0.15) is 11.9 Å². The Kier molecular flexibility index (Phi) is 5.64. The fraction of sp³-hybridized carbons (Fsp3) is 0.310. The lowest BCUT2D eigenvalue weighted by molar-refractivity contribution is 0.0642. The lowest BCUT2D eigenvalue weighted by atomic mass is 9.85. The molecule has 3 aliphatic rings. The molecule has 3 aromatic rings. The number of methoxy groups -OCH3 is 3. The zero-order valence-corrected chi connectivity index (χ0v) is 20.9. The third-order valence-corrected chi connectivity index (χ3v) is 7.22. The van der Waals surface area contributed by atoms with Gasteiger partial charge >= 0.3 is 0 Å². The van der Waals surface area contributed by atoms with Gasteiger partial charge in [0.25, 0.3) is 0 Å². The second-order valence-corrected chi connectivity index (χ2v) is 9.11. The molecule has 0 saturated carbocycles. The van der Waals surface area contributed by atoms with Gasteiger partial charge in [0.15, 0.2) is 23.0 Å². The molecule has 36 heavy (non-hydrogen) atoms. The number of benzene rings is 3. The molecule has 0 amide bonds. The minimum absolute atomic E-state index is 0.114. The van der Waals surface area contributed by atoms with E-state index in [0.29, 0.717) is 23.0 Å². The molecule has 6 rings (SSSR count). The summed E-state index contributed by atoms with van der Waals surface area (Å²) in [5, 5.41) is 0. The van der Waals surface area contributed by atoms with Crippen molar-refractivity contribution in [3.63, 3.8) is 0 Å². The van der Waals surface area contributed by atoms with Crippen molar-refractivity contribution in [1.29, 1.82) is 0 Å². The predicted octanol–water partition coefficient (Wildman–Crippen LogP) is 5.24. The van der Waals surface area contributed by atoms with Crippen LogP contribution in [0.4, 0.5) is 0 Å². The highest BCUT2D eigenvalue weighted by Crippen LogP contribution is 2.57. The highest BCUT2D eigenvalue weighted by molar-refractivity contribution is 5.85. The van der Waals surface area contributed by atoms with E-state index < -0.39 is 0 Å². The average Bonchev–Trinajstić information content (AvgIpc) is 3.52. The highest BCUT2D eigenvalue weighted by atomic mass is 16.7. The summed E-state index contributed by atoms with van der Waals surface area (Å²) in [6.07, 6.45) is 2.64. The van der Waals surface area contributed by atoms with Crippen molar-refractivity contribution >= 4 is 11.8 Å². The van der Waals surface area contributed by atoms with E-state index in [-0.39, 0.29) is 18.9 Å². The Morgan fingerprint density at radius 1 is 0.944 bits per heavy atom. The van der Waals surface area contributed by atoms with Crippen LogP contribution in [0.5, 0.6) is 28.7 Å². The van der Waals surface area contributed by atoms with E-state index in [1.165, 1.54) is 5.56 Å². The molecule has 7 nitrogen and oxygen atoms in total. The first-order valence-electron chi connectivity index (χ1n) is 12.0. The molecule has 2 atom stereocenters. The molecule has 0 spiro atoms. The molecule has 2 unspecified atom stereocenters. The summed E-state index contributed by atoms with van der Waals surface area (Å²) in [4.78, 5) is 2.32. The number of hydrogen-bond acceptors (Lipinski definition) is 7. The summed E-state index contributed by atoms with van der Waals surface area (Å²) in [6, 6.07) is 16.1. The minimum Gasteiger partial charge on any atom is -0.493 e. The fourth-order valence-electron chi connectivity index (χ4n) is 5.58. The summed E-state index contributed by atoms with van der Waals surface area (Å²) < 4.78 is 35.8. The molecule has 0 fully saturated rings. The molecule has 0 aromatic heterocycles. The van der Waals surface area contributed by atoms with Crippen LogP contribution >= 0.6 is 0 Å². The molecule has 3 heterocycles. The largest absolute Gasteiger partial charge is 0.493 e. The quantitative estimate of drug-likeness (QED) is 0.488. The number of fused-ring (bicyclic) bond motifs is 3. The number of ether oxygens (including phenoxy) is 6. The van der Waals surface area contributed by atoms with Gasteiger partial charge in [-0.3, -0.25) is 4.90 Å². The van der Waals surface area contributed by atoms with Gasteiger partial charge < -0.3 is 28.4 Å². The first-order valence-corrected chi connectivity index (χ1v) is 12.0. The Labute approximate surface area is 210 Å². The van der Waals surface area contributed by atoms with Crippen molar-refractivity contribution in [3.05, 3.63) is 76.3 Å². The maximum Gasteiger partial charge on any atom is 0.231 e. The Hall–Kier alpha value is -3.84. The smallest absolute Gasteiger partial charge is 0.231 e. The van der Waals surface area contributed by atoms with Crippen molar-refractivity contribution in [1.82, 2.24) is 4.90 Å². The summed E-state index contributed by atoms with van der Waals surface area (Å²) >= 11 is 0. The molecule has 3 aromatic carbocycles. The molecule has 0 bridgehead atoms. The van der Waals surface area contributed by atoms with Gasteiger partial charge in [0.2, 0.25) is 12.5 Å². The molecule has 3 aliphatic heterocycles. The van der Waals surface area contributed by atoms with E-state index in [9.17, 15) is 0 Å². The van der Waals surface area contributed by atoms with E-state index >= 15 is 0 Å². The van der Waals surface area contributed by atoms with Crippen LogP contribution in [-0.2, 0) is 11.2 Å². The van der Waals surface area contributed by atoms with Crippen LogP contribution < -0.4 is 23.7 Å². The number of nitrogens with zero attached hydrogens (tertiary/aromatic N) is 1. The Bertz CT molecular complexity index is 1340. The molecular formula is C29H29NO6. The van der Waals surface area contributed by atoms with Gasteiger partial charge in [-0.05, 0) is 42.8 Å². The monoisotopic (exact) mass is 487 g/mol. The topological polar surface area (TPSA) is 58.6 Å². The fourth-order valence-corrected chi connectivity index (χ4v) is 5.58. The van der Waals surface area contributed by atoms with Crippen molar-refractivity contribution in [2.45, 2.75) is 18.6 Å². The summed E-state index contributed by atoms with van der Waals surface area (Å²) in [5.41, 5.74) is 5.25. The standard InChI is InChI=1S/C29H29NO6/c1-30-13-12-18-15-22-28(35-16-34-22)29(33-4)23(18)25(30)26-19-10-11-20(31-2)27(32-3)24(19)21(36-26)14-17-8-6-5-7-9-17/h5-11,14-15,25-26H,12-13,16H2,1-4H3. The van der Waals surface area contributed by atoms with Crippen LogP contribution in [0.15, 0.2) is 48.5 Å². The maximum atomic E-state index is 6.82. The number of likely N-dealkylation sites (N-methyl/N-ethyl adjacent to an activating group) is 1. The third-order valence-electron chi connectivity index (χ3n) is 7.22. The Morgan fingerprint density at radius 3 is 2.50 bits per heavy atom. The molecule has 0 N–H and O–H groups in total. The van der Waals surface area contributed by atoms with Crippen molar-refractivity contribution in [3.8, 4) is 28.7 Å². The zero-order valence-electron chi connectivity index (χ0n) is 20.9. The van der Waals surface area contributed by atoms with Crippen LogP contribution in [0.1, 0.15) is 40.0 Å². The van der Waals surface area contributed by atoms with Crippen LogP contribution in [0, 0.1) is 0 Å². The minimum atomic E-state index is -0.298. The van der Waals surface area contributed by atoms with Crippen LogP contribution in [0.25, 0.3) is 11.8 Å². The van der Waals surface area contributed by atoms with Crippen molar-refractivity contribution < 1.29 is 28.4 Å². The van der Waals surface area contributed by atoms with Crippen molar-refractivity contribution in [2.24, 2.45) is 0 Å². The van der Waals surface area contributed by atoms with Crippen molar-refractivity contribution in [2.75, 3.05) is 41.7 Å². The highest BCUT2D eigenvalue weighted by Gasteiger charge is 2.44. The van der Waals surface area contributed by atoms with E-state index in [0.717, 1.165) is 46.7 Å². The Balaban J connectivity index is 1.55. The molecule has 7 heteroatoms. The van der Waals surface area contributed by atoms with E-state index in [4.69, 9.17) is 28.4 Å². The summed E-state index contributed by atoms with van der Waals surface area (Å²) in [7, 11) is 7.12. The van der Waals surface area contributed by atoms with E-state index in [1.54, 1.807) is 21.3 Å². The maximum absolute atomic E-state index is 6.82. The van der Waals surface area contributed by atoms with Crippen LogP contribution in [0.2, 0.25) is 0 Å². The first kappa shape index (κ1) is 22.6. The SMILES string of the molecule is COc1ccc2c(c1OC)C(=Cc1ccccc1)OC2C1c2c(cc3c(c2OC)OCO3)CCN1C. The van der Waals surface area contributed by atoms with E-state index in [1.807, 2.05) is 24.3 Å². The number of rotatable bonds is 5. The van der Waals surface area contributed by atoms with Gasteiger partial charge in [0.05, 0.1) is 32.9 Å². The van der Waals surface area contributed by atoms with Gasteiger partial charge in [0, 0.05) is 17.7 Å². The summed E-state index contributed by atoms with van der Waals surface area (Å²) in [5.74, 6) is 4.17. The predicted molar refractivity (Wildman–Crippen MR) is 136 cm³/mol. The molecule has 0 saturated heterocycles. The number of hydrogen-bond donors (Lipinski definition) is 0. The second-order valence-electron chi connectivity index (χ2n) is 9.11. The molecular weight excluding hydrogens is 458 g/mol. The zero-order chi connectivity index (χ0) is 24.8. The molecule has 0 aliphatic carbocycles. The normalized spacial score (nSPS) is 21.1. The second kappa shape index (κ2) is 8.99. The van der Waals surface area contributed by atoms with Gasteiger partial charge in [-0.1, -0.05) is 36.4 Å². The van der Waals surface area contributed by atoms with Gasteiger partial charge in [-0.15, -0.1) is 0 Å². The van der Waals surface area contributed by atoms with Gasteiger partial charge in [-0.2, -0.15) is 0 Å². The third kappa shape index (κ3) is 3.45. The van der Waals surface area contributed by atoms with Crippen LogP contribution in [-0.4, -0.2) is 46.6 Å². The van der Waals surface area contributed by atoms with Crippen LogP contribution in [0.3, 0.4) is 0 Å². The summed E-state index contributed by atoms with van der Waals surface area (Å²) in [6.45, 7) is 1.07. The first-order chi connectivity index (χ1) is 17.6. The molecule has 186 valence electrons. The molecule has 0 radical (unpaired) electrons. The average molecular weight is 488 g/mol. The van der Waals surface area contributed by atoms with Gasteiger partial charge in [-0.25, -0.2) is 0 Å². The Morgan fingerprint density at radius 2 is 1.75 bits per heavy atom. The lowest BCUT2D eigenvalue weighted by Gasteiger charge is -2.38. The van der Waals surface area contributed by atoms with E-state index in [2.05, 4.69) is 42.3 Å².